The summed E-state index contributed by atoms with van der Waals surface area (Å²) in [5.74, 6) is 0. The molecule has 0 bridgehead atoms. The molecule has 1 aliphatic rings. The molecule has 0 radical (unpaired) electrons. The molecule has 0 amide bonds. The Morgan fingerprint density at radius 3 is 2.43 bits per heavy atom. The number of nitrogens with one attached hydrogen (secondary N) is 1. The minimum atomic E-state index is -4.35. The number of fused-ring (bicyclic) bond motifs is 1. The third kappa shape index (κ3) is 4.36. The molecule has 2 aromatic carbocycles. The molecule has 1 aliphatic heterocycles. The van der Waals surface area contributed by atoms with Crippen molar-refractivity contribution in [3.05, 3.63) is 54.1 Å². The molecule has 30 heavy (non-hydrogen) atoms. The number of benzene rings is 2. The molecule has 0 aliphatic carbocycles. The van der Waals surface area contributed by atoms with Crippen LogP contribution in [-0.4, -0.2) is 48.1 Å². The lowest BCUT2D eigenvalue weighted by Gasteiger charge is -2.30. The van der Waals surface area contributed by atoms with Gasteiger partial charge in [-0.3, -0.25) is 4.79 Å². The summed E-state index contributed by atoms with van der Waals surface area (Å²) in [5, 5.41) is 4.32. The average molecular weight is 415 g/mol. The van der Waals surface area contributed by atoms with Gasteiger partial charge >= 0.3 is 6.18 Å². The fraction of sp³-hybridized carbons (Fsp3) is 0.348. The molecule has 0 atom stereocenters. The van der Waals surface area contributed by atoms with Gasteiger partial charge in [-0.1, -0.05) is 30.3 Å². The summed E-state index contributed by atoms with van der Waals surface area (Å²) in [6.45, 7) is 0.924. The summed E-state index contributed by atoms with van der Waals surface area (Å²) in [7, 11) is 2.09. The van der Waals surface area contributed by atoms with Crippen molar-refractivity contribution in [2.75, 3.05) is 25.5 Å². The van der Waals surface area contributed by atoms with Gasteiger partial charge in [0.05, 0.1) is 5.52 Å². The number of nitrogens with zero attached hydrogens (tertiary/aromatic N) is 2. The Morgan fingerprint density at radius 1 is 1.10 bits per heavy atom. The Bertz CT molecular complexity index is 1030. The van der Waals surface area contributed by atoms with E-state index in [9.17, 15) is 18.0 Å². The second kappa shape index (κ2) is 8.14. The Balaban J connectivity index is 1.77. The molecule has 0 unspecified atom stereocenters. The monoisotopic (exact) mass is 415 g/mol. The van der Waals surface area contributed by atoms with Crippen LogP contribution < -0.4 is 5.32 Å². The molecule has 3 aromatic rings. The quantitative estimate of drug-likeness (QED) is 0.583. The van der Waals surface area contributed by atoms with Gasteiger partial charge in [0.1, 0.15) is 12.8 Å². The van der Waals surface area contributed by atoms with E-state index in [0.29, 0.717) is 28.4 Å². The number of aldehydes is 1. The number of likely N-dealkylation sites (tertiary alicyclic amines) is 1. The van der Waals surface area contributed by atoms with Crippen LogP contribution in [0.2, 0.25) is 0 Å². The first-order valence-corrected chi connectivity index (χ1v) is 10.0. The number of piperidine rings is 1. The molecular weight excluding hydrogens is 391 g/mol. The van der Waals surface area contributed by atoms with Crippen LogP contribution in [0.4, 0.5) is 18.9 Å². The van der Waals surface area contributed by atoms with Crippen LogP contribution in [0.25, 0.3) is 22.2 Å². The number of carbonyl (C=O) groups is 1. The second-order valence-corrected chi connectivity index (χ2v) is 7.93. The molecule has 4 rings (SSSR count). The first kappa shape index (κ1) is 20.5. The number of carbonyl (C=O) groups excluding carboxylic acids is 1. The number of rotatable bonds is 5. The lowest BCUT2D eigenvalue weighted by atomic mass is 10.0. The van der Waals surface area contributed by atoms with E-state index >= 15 is 0 Å². The molecule has 158 valence electrons. The molecule has 0 saturated carbocycles. The third-order valence-corrected chi connectivity index (χ3v) is 5.70. The highest BCUT2D eigenvalue weighted by atomic mass is 19.4. The fourth-order valence-corrected chi connectivity index (χ4v) is 4.10. The van der Waals surface area contributed by atoms with Crippen molar-refractivity contribution in [2.45, 2.75) is 31.6 Å². The van der Waals surface area contributed by atoms with Gasteiger partial charge in [-0.25, -0.2) is 0 Å². The zero-order valence-corrected chi connectivity index (χ0v) is 16.7. The number of anilines is 1. The molecule has 1 saturated heterocycles. The highest BCUT2D eigenvalue weighted by Gasteiger charge is 2.30. The largest absolute Gasteiger partial charge is 0.406 e. The molecule has 0 spiro atoms. The lowest BCUT2D eigenvalue weighted by molar-refractivity contribution is -0.139. The maximum atomic E-state index is 13.4. The summed E-state index contributed by atoms with van der Waals surface area (Å²) < 4.78 is 41.5. The zero-order valence-electron chi connectivity index (χ0n) is 16.7. The Kier molecular flexibility index (Phi) is 5.56. The Hall–Kier alpha value is -2.80. The lowest BCUT2D eigenvalue weighted by Crippen LogP contribution is -2.36. The number of halogens is 3. The Labute approximate surface area is 173 Å². The van der Waals surface area contributed by atoms with Gasteiger partial charge in [-0.05, 0) is 56.7 Å². The van der Waals surface area contributed by atoms with E-state index < -0.39 is 12.7 Å². The first-order valence-electron chi connectivity index (χ1n) is 10.0. The minimum Gasteiger partial charge on any atom is -0.382 e. The molecule has 1 fully saturated rings. The van der Waals surface area contributed by atoms with Gasteiger partial charge in [0, 0.05) is 28.4 Å². The number of hydrogen-bond donors (Lipinski definition) is 1. The molecular formula is C23H24F3N3O. The third-order valence-electron chi connectivity index (χ3n) is 5.70. The summed E-state index contributed by atoms with van der Waals surface area (Å²) in [6.07, 6.45) is -1.63. The summed E-state index contributed by atoms with van der Waals surface area (Å²) in [6, 6.07) is 14.2. The summed E-state index contributed by atoms with van der Waals surface area (Å²) >= 11 is 0. The standard InChI is InChI=1S/C23H24F3N3O/c1-28-11-9-18(10-12-28)27-20-3-2-4-21-19(20)13-22(29(21)15-23(24,25)26)17-7-5-16(14-30)6-8-17/h2-8,13-14,18,27H,9-12,15H2,1H3. The van der Waals surface area contributed by atoms with Crippen LogP contribution in [0, 0.1) is 0 Å². The van der Waals surface area contributed by atoms with Gasteiger partial charge < -0.3 is 14.8 Å². The van der Waals surface area contributed by atoms with Crippen LogP contribution in [0.1, 0.15) is 23.2 Å². The van der Waals surface area contributed by atoms with E-state index in [0.717, 1.165) is 43.3 Å². The van der Waals surface area contributed by atoms with E-state index in [4.69, 9.17) is 0 Å². The van der Waals surface area contributed by atoms with Gasteiger partial charge in [0.2, 0.25) is 0 Å². The van der Waals surface area contributed by atoms with Crippen molar-refractivity contribution < 1.29 is 18.0 Å². The second-order valence-electron chi connectivity index (χ2n) is 7.93. The summed E-state index contributed by atoms with van der Waals surface area (Å²) in [5.41, 5.74) is 3.01. The molecule has 2 heterocycles. The van der Waals surface area contributed by atoms with Crippen molar-refractivity contribution in [2.24, 2.45) is 0 Å². The first-order chi connectivity index (χ1) is 14.3. The average Bonchev–Trinajstić information content (AvgIpc) is 3.08. The molecule has 1 N–H and O–H groups in total. The molecule has 4 nitrogen and oxygen atoms in total. The fourth-order valence-electron chi connectivity index (χ4n) is 4.10. The van der Waals surface area contributed by atoms with Crippen molar-refractivity contribution in [3.63, 3.8) is 0 Å². The molecule has 7 heteroatoms. The maximum absolute atomic E-state index is 13.4. The van der Waals surface area contributed by atoms with E-state index in [1.54, 1.807) is 36.4 Å². The van der Waals surface area contributed by atoms with Crippen LogP contribution in [-0.2, 0) is 6.54 Å². The van der Waals surface area contributed by atoms with Gasteiger partial charge in [-0.2, -0.15) is 13.2 Å². The van der Waals surface area contributed by atoms with Gasteiger partial charge in [0.25, 0.3) is 0 Å². The van der Waals surface area contributed by atoms with Crippen molar-refractivity contribution in [3.8, 4) is 11.3 Å². The number of hydrogen-bond acceptors (Lipinski definition) is 3. The van der Waals surface area contributed by atoms with Gasteiger partial charge in [-0.15, -0.1) is 0 Å². The predicted octanol–water partition coefficient (Wildman–Crippen LogP) is 5.19. The minimum absolute atomic E-state index is 0.299. The topological polar surface area (TPSA) is 37.3 Å². The van der Waals surface area contributed by atoms with Crippen LogP contribution in [0.15, 0.2) is 48.5 Å². The number of aromatic nitrogens is 1. The highest BCUT2D eigenvalue weighted by Crippen LogP contribution is 2.35. The zero-order chi connectivity index (χ0) is 21.3. The highest BCUT2D eigenvalue weighted by molar-refractivity contribution is 5.96. The van der Waals surface area contributed by atoms with E-state index in [-0.39, 0.29) is 0 Å². The Morgan fingerprint density at radius 2 is 1.80 bits per heavy atom. The normalized spacial score (nSPS) is 16.1. The maximum Gasteiger partial charge on any atom is 0.406 e. The van der Waals surface area contributed by atoms with E-state index in [1.165, 1.54) is 4.57 Å². The van der Waals surface area contributed by atoms with Crippen LogP contribution in [0.5, 0.6) is 0 Å². The van der Waals surface area contributed by atoms with Crippen molar-refractivity contribution in [1.82, 2.24) is 9.47 Å². The predicted molar refractivity (Wildman–Crippen MR) is 113 cm³/mol. The van der Waals surface area contributed by atoms with E-state index in [2.05, 4.69) is 17.3 Å². The smallest absolute Gasteiger partial charge is 0.382 e. The molecule has 1 aromatic heterocycles. The van der Waals surface area contributed by atoms with Crippen LogP contribution in [0.3, 0.4) is 0 Å². The van der Waals surface area contributed by atoms with Crippen molar-refractivity contribution in [1.29, 1.82) is 0 Å². The summed E-state index contributed by atoms with van der Waals surface area (Å²) in [4.78, 5) is 13.2. The van der Waals surface area contributed by atoms with E-state index in [1.807, 2.05) is 12.1 Å². The van der Waals surface area contributed by atoms with Crippen molar-refractivity contribution >= 4 is 22.9 Å². The number of alkyl halides is 3. The van der Waals surface area contributed by atoms with Gasteiger partial charge in [0.15, 0.2) is 0 Å². The van der Waals surface area contributed by atoms with Crippen LogP contribution >= 0.6 is 0 Å². The SMILES string of the molecule is CN1CCC(Nc2cccc3c2cc(-c2ccc(C=O)cc2)n3CC(F)(F)F)CC1.